The van der Waals surface area contributed by atoms with Crippen LogP contribution >= 0.6 is 0 Å². The largest absolute Gasteiger partial charge is 0.478 e. The molecule has 0 saturated carbocycles. The van der Waals surface area contributed by atoms with Crippen LogP contribution in [-0.4, -0.2) is 28.6 Å². The van der Waals surface area contributed by atoms with E-state index in [0.29, 0.717) is 5.56 Å². The second-order valence-corrected chi connectivity index (χ2v) is 6.74. The number of ether oxygens (including phenoxy) is 1. The molecule has 2 rings (SSSR count). The lowest BCUT2D eigenvalue weighted by Gasteiger charge is -2.25. The number of nitrogens with one attached hydrogen (secondary N) is 1. The second kappa shape index (κ2) is 7.82. The van der Waals surface area contributed by atoms with E-state index in [1.165, 1.54) is 24.3 Å². The van der Waals surface area contributed by atoms with Gasteiger partial charge in [-0.1, -0.05) is 36.4 Å². The third kappa shape index (κ3) is 5.17. The van der Waals surface area contributed by atoms with E-state index in [-0.39, 0.29) is 11.1 Å². The number of hydrogen-bond acceptors (Lipinski definition) is 4. The highest BCUT2D eigenvalue weighted by atomic mass is 16.6. The zero-order chi connectivity index (χ0) is 19.3. The summed E-state index contributed by atoms with van der Waals surface area (Å²) in [5.74, 6) is -2.29. The molecule has 0 saturated heterocycles. The first-order chi connectivity index (χ1) is 12.2. The van der Waals surface area contributed by atoms with E-state index in [2.05, 4.69) is 5.32 Å². The molecule has 2 aromatic rings. The van der Waals surface area contributed by atoms with Crippen molar-refractivity contribution in [1.29, 1.82) is 0 Å². The molecule has 0 radical (unpaired) electrons. The van der Waals surface area contributed by atoms with Crippen molar-refractivity contribution in [1.82, 2.24) is 5.32 Å². The Labute approximate surface area is 151 Å². The molecule has 0 aliphatic rings. The number of carboxylic acids is 1. The zero-order valence-electron chi connectivity index (χ0n) is 14.9. The van der Waals surface area contributed by atoms with Crippen LogP contribution in [0.25, 0.3) is 0 Å². The van der Waals surface area contributed by atoms with E-state index < -0.39 is 29.5 Å². The van der Waals surface area contributed by atoms with Crippen LogP contribution < -0.4 is 5.32 Å². The van der Waals surface area contributed by atoms with Gasteiger partial charge in [-0.05, 0) is 44.5 Å². The van der Waals surface area contributed by atoms with Crippen LogP contribution in [0.15, 0.2) is 54.6 Å². The van der Waals surface area contributed by atoms with Crippen molar-refractivity contribution in [3.8, 4) is 0 Å². The van der Waals surface area contributed by atoms with Crippen molar-refractivity contribution in [2.45, 2.75) is 32.4 Å². The fourth-order valence-corrected chi connectivity index (χ4v) is 2.29. The van der Waals surface area contributed by atoms with Gasteiger partial charge in [-0.3, -0.25) is 4.79 Å². The molecule has 0 bridgehead atoms. The van der Waals surface area contributed by atoms with Crippen molar-refractivity contribution >= 4 is 17.8 Å². The number of esters is 1. The lowest BCUT2D eigenvalue weighted by molar-refractivity contribution is -0.157. The standard InChI is InChI=1S/C20H21NO5/c1-20(2,3)26-19(25)16(13-8-5-4-6-9-13)21-17(22)14-10-7-11-15(12-14)18(23)24/h4-12,16H,1-3H3,(H,21,22)(H,23,24)/t16-/m0/s1. The van der Waals surface area contributed by atoms with Crippen LogP contribution in [-0.2, 0) is 9.53 Å². The molecule has 0 aliphatic heterocycles. The normalized spacial score (nSPS) is 12.1. The maximum Gasteiger partial charge on any atom is 0.335 e. The molecule has 6 nitrogen and oxygen atoms in total. The smallest absolute Gasteiger partial charge is 0.335 e. The minimum absolute atomic E-state index is 0.00817. The van der Waals surface area contributed by atoms with Crippen LogP contribution in [0.2, 0.25) is 0 Å². The molecule has 0 aromatic heterocycles. The number of carbonyl (C=O) groups excluding carboxylic acids is 2. The van der Waals surface area contributed by atoms with Gasteiger partial charge in [0.05, 0.1) is 5.56 Å². The predicted octanol–water partition coefficient (Wildman–Crippen LogP) is 3.20. The van der Waals surface area contributed by atoms with Crippen molar-refractivity contribution in [2.75, 3.05) is 0 Å². The van der Waals surface area contributed by atoms with Crippen LogP contribution in [0.3, 0.4) is 0 Å². The minimum atomic E-state index is -1.13. The Hall–Kier alpha value is -3.15. The van der Waals surface area contributed by atoms with Gasteiger partial charge in [-0.15, -0.1) is 0 Å². The van der Waals surface area contributed by atoms with E-state index >= 15 is 0 Å². The van der Waals surface area contributed by atoms with Gasteiger partial charge in [0, 0.05) is 5.56 Å². The maximum atomic E-state index is 12.6. The number of aromatic carboxylic acids is 1. The highest BCUT2D eigenvalue weighted by Gasteiger charge is 2.28. The lowest BCUT2D eigenvalue weighted by atomic mass is 10.0. The highest BCUT2D eigenvalue weighted by molar-refractivity contribution is 5.99. The van der Waals surface area contributed by atoms with Gasteiger partial charge in [0.25, 0.3) is 5.91 Å². The van der Waals surface area contributed by atoms with Gasteiger partial charge in [-0.25, -0.2) is 9.59 Å². The molecule has 0 aliphatic carbocycles. The summed E-state index contributed by atoms with van der Waals surface area (Å²) in [6, 6.07) is 13.3. The van der Waals surface area contributed by atoms with E-state index in [1.54, 1.807) is 51.1 Å². The average molecular weight is 355 g/mol. The van der Waals surface area contributed by atoms with Crippen LogP contribution in [0, 0.1) is 0 Å². The monoisotopic (exact) mass is 355 g/mol. The molecule has 6 heteroatoms. The van der Waals surface area contributed by atoms with Crippen molar-refractivity contribution in [2.24, 2.45) is 0 Å². The number of hydrogen-bond donors (Lipinski definition) is 2. The molecule has 136 valence electrons. The first kappa shape index (κ1) is 19.2. The summed E-state index contributed by atoms with van der Waals surface area (Å²) < 4.78 is 5.41. The van der Waals surface area contributed by atoms with Gasteiger partial charge in [-0.2, -0.15) is 0 Å². The molecule has 0 heterocycles. The quantitative estimate of drug-likeness (QED) is 0.804. The van der Waals surface area contributed by atoms with E-state index in [9.17, 15) is 14.4 Å². The maximum absolute atomic E-state index is 12.6. The van der Waals surface area contributed by atoms with Crippen LogP contribution in [0.4, 0.5) is 0 Å². The molecule has 2 N–H and O–H groups in total. The first-order valence-electron chi connectivity index (χ1n) is 8.09. The summed E-state index contributed by atoms with van der Waals surface area (Å²) in [5.41, 5.74) is 0.00276. The Morgan fingerprint density at radius 1 is 0.962 bits per heavy atom. The molecule has 1 amide bonds. The second-order valence-electron chi connectivity index (χ2n) is 6.74. The Morgan fingerprint density at radius 2 is 1.58 bits per heavy atom. The molecule has 0 spiro atoms. The summed E-state index contributed by atoms with van der Waals surface area (Å²) in [6.45, 7) is 5.22. The summed E-state index contributed by atoms with van der Waals surface area (Å²) in [6.07, 6.45) is 0. The molecule has 26 heavy (non-hydrogen) atoms. The van der Waals surface area contributed by atoms with E-state index in [4.69, 9.17) is 9.84 Å². The number of benzene rings is 2. The van der Waals surface area contributed by atoms with Crippen molar-refractivity contribution in [3.05, 3.63) is 71.3 Å². The summed E-state index contributed by atoms with van der Waals surface area (Å²) in [7, 11) is 0. The molecule has 2 aromatic carbocycles. The van der Waals surface area contributed by atoms with E-state index in [0.717, 1.165) is 0 Å². The third-order valence-electron chi connectivity index (χ3n) is 3.42. The molecular formula is C20H21NO5. The summed E-state index contributed by atoms with van der Waals surface area (Å²) in [4.78, 5) is 36.2. The Bertz CT molecular complexity index is 808. The number of carboxylic acid groups (broad SMARTS) is 1. The number of carbonyl (C=O) groups is 3. The fraction of sp³-hybridized carbons (Fsp3) is 0.250. The lowest BCUT2D eigenvalue weighted by Crippen LogP contribution is -2.38. The van der Waals surface area contributed by atoms with Gasteiger partial charge in [0.2, 0.25) is 0 Å². The number of amides is 1. The van der Waals surface area contributed by atoms with Crippen LogP contribution in [0.5, 0.6) is 0 Å². The first-order valence-corrected chi connectivity index (χ1v) is 8.09. The van der Waals surface area contributed by atoms with Crippen molar-refractivity contribution < 1.29 is 24.2 Å². The van der Waals surface area contributed by atoms with Gasteiger partial charge in [0.1, 0.15) is 5.60 Å². The Kier molecular flexibility index (Phi) is 5.77. The van der Waals surface area contributed by atoms with E-state index in [1.807, 2.05) is 0 Å². The molecular weight excluding hydrogens is 334 g/mol. The summed E-state index contributed by atoms with van der Waals surface area (Å²) in [5, 5.41) is 11.7. The third-order valence-corrected chi connectivity index (χ3v) is 3.42. The highest BCUT2D eigenvalue weighted by Crippen LogP contribution is 2.19. The molecule has 1 atom stereocenters. The van der Waals surface area contributed by atoms with Crippen molar-refractivity contribution in [3.63, 3.8) is 0 Å². The van der Waals surface area contributed by atoms with Gasteiger partial charge >= 0.3 is 11.9 Å². The number of rotatable bonds is 5. The fourth-order valence-electron chi connectivity index (χ4n) is 2.29. The summed E-state index contributed by atoms with van der Waals surface area (Å²) >= 11 is 0. The Morgan fingerprint density at radius 3 is 2.15 bits per heavy atom. The van der Waals surface area contributed by atoms with Gasteiger partial charge < -0.3 is 15.2 Å². The predicted molar refractivity (Wildman–Crippen MR) is 95.9 cm³/mol. The molecule has 0 unspecified atom stereocenters. The minimum Gasteiger partial charge on any atom is -0.478 e. The zero-order valence-corrected chi connectivity index (χ0v) is 14.9. The van der Waals surface area contributed by atoms with Gasteiger partial charge in [0.15, 0.2) is 6.04 Å². The Balaban J connectivity index is 2.29. The molecule has 0 fully saturated rings. The topological polar surface area (TPSA) is 92.7 Å². The SMILES string of the molecule is CC(C)(C)OC(=O)[C@@H](NC(=O)c1cccc(C(=O)O)c1)c1ccccc1. The average Bonchev–Trinajstić information content (AvgIpc) is 2.58. The van der Waals surface area contributed by atoms with Crippen LogP contribution in [0.1, 0.15) is 53.1 Å².